The Hall–Kier alpha value is -3.02. The van der Waals surface area contributed by atoms with Crippen LogP contribution in [-0.4, -0.2) is 33.6 Å². The van der Waals surface area contributed by atoms with E-state index in [1.807, 2.05) is 13.8 Å². The van der Waals surface area contributed by atoms with Gasteiger partial charge in [0.2, 0.25) is 5.91 Å². The number of fused-ring (bicyclic) bond motifs is 1. The summed E-state index contributed by atoms with van der Waals surface area (Å²) in [6.07, 6.45) is 3.29. The highest BCUT2D eigenvalue weighted by Crippen LogP contribution is 2.27. The first-order valence-corrected chi connectivity index (χ1v) is 8.14. The topological polar surface area (TPSA) is 79.4 Å². The molecule has 6 nitrogen and oxygen atoms in total. The van der Waals surface area contributed by atoms with Gasteiger partial charge in [-0.15, -0.1) is 0 Å². The van der Waals surface area contributed by atoms with Gasteiger partial charge in [-0.2, -0.15) is 0 Å². The zero-order valence-electron chi connectivity index (χ0n) is 14.1. The molecule has 1 aliphatic rings. The first-order chi connectivity index (χ1) is 12.0. The first-order valence-electron chi connectivity index (χ1n) is 8.14. The Kier molecular flexibility index (Phi) is 4.61. The molecule has 128 valence electrons. The minimum Gasteiger partial charge on any atom is -0.350 e. The summed E-state index contributed by atoms with van der Waals surface area (Å²) in [7, 11) is 0. The molecule has 1 aromatic heterocycles. The molecule has 0 saturated carbocycles. The van der Waals surface area contributed by atoms with Gasteiger partial charge < -0.3 is 5.32 Å². The largest absolute Gasteiger partial charge is 0.350 e. The SMILES string of the molecule is CC(C)C(C(=O)NCc1ccncc1)N1C(=O)c2ccccc2C1=O. The molecule has 1 atom stereocenters. The minimum atomic E-state index is -0.853. The maximum atomic E-state index is 12.7. The lowest BCUT2D eigenvalue weighted by atomic mass is 10.0. The maximum absolute atomic E-state index is 12.7. The first kappa shape index (κ1) is 16.8. The number of nitrogens with zero attached hydrogens (tertiary/aromatic N) is 2. The molecule has 1 N–H and O–H groups in total. The number of amides is 3. The molecule has 1 unspecified atom stereocenters. The van der Waals surface area contributed by atoms with Crippen molar-refractivity contribution in [1.29, 1.82) is 0 Å². The van der Waals surface area contributed by atoms with Crippen molar-refractivity contribution in [1.82, 2.24) is 15.2 Å². The number of carbonyl (C=O) groups excluding carboxylic acids is 3. The van der Waals surface area contributed by atoms with E-state index in [1.54, 1.807) is 48.8 Å². The fourth-order valence-electron chi connectivity index (χ4n) is 2.97. The number of pyridine rings is 1. The van der Waals surface area contributed by atoms with Crippen LogP contribution >= 0.6 is 0 Å². The van der Waals surface area contributed by atoms with E-state index < -0.39 is 17.9 Å². The molecule has 25 heavy (non-hydrogen) atoms. The lowest BCUT2D eigenvalue weighted by Gasteiger charge is -2.28. The number of hydrogen-bond donors (Lipinski definition) is 1. The molecule has 1 aromatic carbocycles. The second-order valence-corrected chi connectivity index (χ2v) is 6.29. The van der Waals surface area contributed by atoms with E-state index in [4.69, 9.17) is 0 Å². The quantitative estimate of drug-likeness (QED) is 0.847. The van der Waals surface area contributed by atoms with Gasteiger partial charge >= 0.3 is 0 Å². The highest BCUT2D eigenvalue weighted by Gasteiger charge is 2.43. The summed E-state index contributed by atoms with van der Waals surface area (Å²) in [5, 5.41) is 2.81. The molecule has 0 spiro atoms. The van der Waals surface area contributed by atoms with Gasteiger partial charge in [0.05, 0.1) is 11.1 Å². The molecule has 3 rings (SSSR count). The van der Waals surface area contributed by atoms with Crippen LogP contribution in [0.5, 0.6) is 0 Å². The van der Waals surface area contributed by atoms with E-state index >= 15 is 0 Å². The number of nitrogens with one attached hydrogen (secondary N) is 1. The van der Waals surface area contributed by atoms with E-state index in [9.17, 15) is 14.4 Å². The van der Waals surface area contributed by atoms with Crippen LogP contribution in [0.4, 0.5) is 0 Å². The predicted molar refractivity (Wildman–Crippen MR) is 91.7 cm³/mol. The van der Waals surface area contributed by atoms with Crippen LogP contribution in [-0.2, 0) is 11.3 Å². The smallest absolute Gasteiger partial charge is 0.262 e. The molecule has 0 bridgehead atoms. The van der Waals surface area contributed by atoms with E-state index in [1.165, 1.54) is 0 Å². The average Bonchev–Trinajstić information content (AvgIpc) is 2.86. The van der Waals surface area contributed by atoms with Crippen molar-refractivity contribution in [2.24, 2.45) is 5.92 Å². The maximum Gasteiger partial charge on any atom is 0.262 e. The lowest BCUT2D eigenvalue weighted by molar-refractivity contribution is -0.126. The molecule has 6 heteroatoms. The van der Waals surface area contributed by atoms with E-state index in [-0.39, 0.29) is 11.8 Å². The van der Waals surface area contributed by atoms with Crippen LogP contribution in [0.3, 0.4) is 0 Å². The van der Waals surface area contributed by atoms with Crippen LogP contribution in [0, 0.1) is 5.92 Å². The Morgan fingerprint density at radius 2 is 1.60 bits per heavy atom. The Morgan fingerprint density at radius 3 is 2.12 bits per heavy atom. The highest BCUT2D eigenvalue weighted by molar-refractivity contribution is 6.22. The van der Waals surface area contributed by atoms with Crippen molar-refractivity contribution in [3.8, 4) is 0 Å². The van der Waals surface area contributed by atoms with Gasteiger partial charge in [-0.1, -0.05) is 26.0 Å². The van der Waals surface area contributed by atoms with E-state index in [0.29, 0.717) is 17.7 Å². The molecule has 0 aliphatic carbocycles. The van der Waals surface area contributed by atoms with Crippen molar-refractivity contribution in [3.05, 3.63) is 65.5 Å². The highest BCUT2D eigenvalue weighted by atomic mass is 16.2. The third-order valence-corrected chi connectivity index (χ3v) is 4.22. The second kappa shape index (κ2) is 6.84. The number of carbonyl (C=O) groups is 3. The van der Waals surface area contributed by atoms with E-state index in [0.717, 1.165) is 10.5 Å². The number of benzene rings is 1. The van der Waals surface area contributed by atoms with Gasteiger partial charge in [0.25, 0.3) is 11.8 Å². The molecule has 2 aromatic rings. The molecule has 1 aliphatic heterocycles. The third-order valence-electron chi connectivity index (χ3n) is 4.22. The van der Waals surface area contributed by atoms with Crippen LogP contribution in [0.25, 0.3) is 0 Å². The molecule has 0 saturated heterocycles. The standard InChI is InChI=1S/C19H19N3O3/c1-12(2)16(17(23)21-11-13-7-9-20-10-8-13)22-18(24)14-5-3-4-6-15(14)19(22)25/h3-10,12,16H,11H2,1-2H3,(H,21,23). The molecular formula is C19H19N3O3. The van der Waals surface area contributed by atoms with Crippen molar-refractivity contribution in [3.63, 3.8) is 0 Å². The van der Waals surface area contributed by atoms with Gasteiger partial charge in [0.15, 0.2) is 0 Å². The Balaban J connectivity index is 1.81. The minimum absolute atomic E-state index is 0.209. The number of hydrogen-bond acceptors (Lipinski definition) is 4. The summed E-state index contributed by atoms with van der Waals surface area (Å²) in [4.78, 5) is 43.0. The van der Waals surface area contributed by atoms with Gasteiger partial charge in [0, 0.05) is 18.9 Å². The molecular weight excluding hydrogens is 318 g/mol. The summed E-state index contributed by atoms with van der Waals surface area (Å²) in [6, 6.07) is 9.39. The van der Waals surface area contributed by atoms with Crippen molar-refractivity contribution >= 4 is 17.7 Å². The fourth-order valence-corrected chi connectivity index (χ4v) is 2.97. The third kappa shape index (κ3) is 3.15. The van der Waals surface area contributed by atoms with Crippen molar-refractivity contribution in [2.45, 2.75) is 26.4 Å². The lowest BCUT2D eigenvalue weighted by Crippen LogP contribution is -2.52. The predicted octanol–water partition coefficient (Wildman–Crippen LogP) is 2.02. The van der Waals surface area contributed by atoms with Crippen LogP contribution in [0.15, 0.2) is 48.8 Å². The summed E-state index contributed by atoms with van der Waals surface area (Å²) in [6.45, 7) is 3.95. The summed E-state index contributed by atoms with van der Waals surface area (Å²) in [5.41, 5.74) is 1.59. The Morgan fingerprint density at radius 1 is 1.04 bits per heavy atom. The fraction of sp³-hybridized carbons (Fsp3) is 0.263. The van der Waals surface area contributed by atoms with Gasteiger partial charge in [-0.25, -0.2) is 0 Å². The molecule has 2 heterocycles. The number of rotatable bonds is 5. The van der Waals surface area contributed by atoms with Crippen LogP contribution in [0.1, 0.15) is 40.1 Å². The summed E-state index contributed by atoms with van der Waals surface area (Å²) < 4.78 is 0. The van der Waals surface area contributed by atoms with Gasteiger partial charge in [-0.05, 0) is 35.7 Å². The zero-order valence-corrected chi connectivity index (χ0v) is 14.1. The second-order valence-electron chi connectivity index (χ2n) is 6.29. The Labute approximate surface area is 145 Å². The average molecular weight is 337 g/mol. The van der Waals surface area contributed by atoms with Crippen molar-refractivity contribution < 1.29 is 14.4 Å². The monoisotopic (exact) mass is 337 g/mol. The number of imide groups is 1. The summed E-state index contributed by atoms with van der Waals surface area (Å²) >= 11 is 0. The van der Waals surface area contributed by atoms with Crippen molar-refractivity contribution in [2.75, 3.05) is 0 Å². The van der Waals surface area contributed by atoms with E-state index in [2.05, 4.69) is 10.3 Å². The molecule has 0 radical (unpaired) electrons. The molecule has 3 amide bonds. The number of aromatic nitrogens is 1. The van der Waals surface area contributed by atoms with Crippen LogP contribution < -0.4 is 5.32 Å². The zero-order chi connectivity index (χ0) is 18.0. The summed E-state index contributed by atoms with van der Waals surface area (Å²) in [5.74, 6) is -1.39. The molecule has 0 fully saturated rings. The van der Waals surface area contributed by atoms with Crippen LogP contribution in [0.2, 0.25) is 0 Å². The van der Waals surface area contributed by atoms with Gasteiger partial charge in [0.1, 0.15) is 6.04 Å². The normalized spacial score (nSPS) is 14.6. The Bertz CT molecular complexity index is 783. The van der Waals surface area contributed by atoms with Gasteiger partial charge in [-0.3, -0.25) is 24.3 Å².